The Bertz CT molecular complexity index is 619. The van der Waals surface area contributed by atoms with Crippen molar-refractivity contribution in [3.8, 4) is 0 Å². The normalized spacial score (nSPS) is 10.4. The lowest BCUT2D eigenvalue weighted by molar-refractivity contribution is 0.579. The monoisotopic (exact) mass is 376 g/mol. The Hall–Kier alpha value is -1.48. The van der Waals surface area contributed by atoms with E-state index in [-0.39, 0.29) is 11.6 Å². The molecule has 2 rings (SSSR count). The number of halogens is 3. The third-order valence-corrected chi connectivity index (χ3v) is 3.66. The lowest BCUT2D eigenvalue weighted by Crippen LogP contribution is -2.12. The number of hydrogen-bond donors (Lipinski definition) is 3. The van der Waals surface area contributed by atoms with Gasteiger partial charge >= 0.3 is 0 Å². The Morgan fingerprint density at radius 2 is 1.84 bits per heavy atom. The first-order valence-corrected chi connectivity index (χ1v) is 6.45. The number of pyridine rings is 1. The third-order valence-electron chi connectivity index (χ3n) is 2.50. The van der Waals surface area contributed by atoms with E-state index < -0.39 is 11.6 Å². The van der Waals surface area contributed by atoms with Gasteiger partial charge in [0, 0.05) is 15.3 Å². The van der Waals surface area contributed by atoms with E-state index in [9.17, 15) is 8.78 Å². The highest BCUT2D eigenvalue weighted by atomic mass is 127. The molecule has 0 aliphatic rings. The molecule has 7 heteroatoms. The predicted octanol–water partition coefficient (Wildman–Crippen LogP) is 3.30. The number of nitrogens with two attached hydrogens (primary N) is 1. The minimum atomic E-state index is -0.843. The average molecular weight is 376 g/mol. The lowest BCUT2D eigenvalue weighted by atomic mass is 10.2. The molecule has 1 heterocycles. The maximum Gasteiger partial charge on any atom is 0.178 e. The Morgan fingerprint density at radius 3 is 2.47 bits per heavy atom. The molecule has 0 saturated carbocycles. The van der Waals surface area contributed by atoms with Crippen molar-refractivity contribution in [2.24, 2.45) is 5.84 Å². The van der Waals surface area contributed by atoms with Crippen LogP contribution in [0.2, 0.25) is 0 Å². The maximum absolute atomic E-state index is 13.6. The fourth-order valence-corrected chi connectivity index (χ4v) is 1.98. The molecule has 1 aromatic heterocycles. The summed E-state index contributed by atoms with van der Waals surface area (Å²) < 4.78 is 27.8. The molecule has 0 aliphatic carbocycles. The number of aromatic nitrogens is 1. The van der Waals surface area contributed by atoms with Gasteiger partial charge in [-0.1, -0.05) is 6.07 Å². The minimum Gasteiger partial charge on any atom is -0.338 e. The summed E-state index contributed by atoms with van der Waals surface area (Å²) in [6, 6.07) is 6.25. The van der Waals surface area contributed by atoms with E-state index in [1.165, 1.54) is 0 Å². The van der Waals surface area contributed by atoms with Crippen LogP contribution in [0.25, 0.3) is 0 Å². The third kappa shape index (κ3) is 3.10. The van der Waals surface area contributed by atoms with E-state index in [4.69, 9.17) is 5.84 Å². The van der Waals surface area contributed by atoms with Crippen molar-refractivity contribution in [1.29, 1.82) is 0 Å². The molecule has 0 unspecified atom stereocenters. The van der Waals surface area contributed by atoms with Gasteiger partial charge in [0.15, 0.2) is 23.3 Å². The highest BCUT2D eigenvalue weighted by Gasteiger charge is 2.11. The number of hydrazine groups is 1. The predicted molar refractivity (Wildman–Crippen MR) is 79.1 cm³/mol. The van der Waals surface area contributed by atoms with Crippen LogP contribution >= 0.6 is 22.6 Å². The number of anilines is 3. The van der Waals surface area contributed by atoms with Crippen molar-refractivity contribution >= 4 is 39.9 Å². The molecule has 4 nitrogen and oxygen atoms in total. The van der Waals surface area contributed by atoms with E-state index in [2.05, 4.69) is 38.3 Å². The largest absolute Gasteiger partial charge is 0.338 e. The van der Waals surface area contributed by atoms with Crippen LogP contribution in [-0.2, 0) is 0 Å². The number of hydrogen-bond acceptors (Lipinski definition) is 4. The van der Waals surface area contributed by atoms with Crippen LogP contribution in [0.5, 0.6) is 0 Å². The molecule has 1 aromatic carbocycles. The first kappa shape index (κ1) is 13.9. The molecule has 19 heavy (non-hydrogen) atoms. The smallest absolute Gasteiger partial charge is 0.178 e. The number of nitrogen functional groups attached to an aromatic ring is 1. The maximum atomic E-state index is 13.6. The topological polar surface area (TPSA) is 63.0 Å². The summed E-state index contributed by atoms with van der Waals surface area (Å²) in [4.78, 5) is 3.74. The van der Waals surface area contributed by atoms with Gasteiger partial charge in [0.1, 0.15) is 0 Å². The van der Waals surface area contributed by atoms with Crippen molar-refractivity contribution in [2.75, 3.05) is 10.7 Å². The van der Waals surface area contributed by atoms with Gasteiger partial charge in [-0.3, -0.25) is 0 Å². The highest BCUT2D eigenvalue weighted by Crippen LogP contribution is 2.24. The Balaban J connectivity index is 2.34. The molecule has 0 amide bonds. The van der Waals surface area contributed by atoms with Gasteiger partial charge in [-0.25, -0.2) is 19.6 Å². The molecule has 0 aliphatic heterocycles. The van der Waals surface area contributed by atoms with Gasteiger partial charge in [0.2, 0.25) is 0 Å². The zero-order valence-corrected chi connectivity index (χ0v) is 12.1. The summed E-state index contributed by atoms with van der Waals surface area (Å²) in [5.41, 5.74) is 3.85. The first-order valence-electron chi connectivity index (χ1n) is 5.37. The van der Waals surface area contributed by atoms with Crippen LogP contribution in [0.4, 0.5) is 26.1 Å². The van der Waals surface area contributed by atoms with Crippen molar-refractivity contribution in [2.45, 2.75) is 6.92 Å². The highest BCUT2D eigenvalue weighted by molar-refractivity contribution is 14.1. The SMILES string of the molecule is Cc1ccc(Nc2nc(NN)c(F)cc2F)cc1I. The van der Waals surface area contributed by atoms with Crippen LogP contribution < -0.4 is 16.6 Å². The quantitative estimate of drug-likeness (QED) is 0.437. The minimum absolute atomic E-state index is 0.0889. The van der Waals surface area contributed by atoms with Gasteiger partial charge in [-0.05, 0) is 47.2 Å². The van der Waals surface area contributed by atoms with E-state index in [0.29, 0.717) is 5.69 Å². The summed E-state index contributed by atoms with van der Waals surface area (Å²) in [6.07, 6.45) is 0. The zero-order chi connectivity index (χ0) is 14.0. The zero-order valence-electron chi connectivity index (χ0n) is 9.97. The molecular formula is C12H11F2IN4. The molecule has 4 N–H and O–H groups in total. The average Bonchev–Trinajstić information content (AvgIpc) is 2.37. The molecule has 0 radical (unpaired) electrons. The molecule has 2 aromatic rings. The molecular weight excluding hydrogens is 365 g/mol. The van der Waals surface area contributed by atoms with Crippen molar-refractivity contribution < 1.29 is 8.78 Å². The molecule has 0 atom stereocenters. The van der Waals surface area contributed by atoms with Crippen molar-refractivity contribution in [3.05, 3.63) is 45.0 Å². The fraction of sp³-hybridized carbons (Fsp3) is 0.0833. The summed E-state index contributed by atoms with van der Waals surface area (Å²) >= 11 is 2.17. The number of nitrogens with zero attached hydrogens (tertiary/aromatic N) is 1. The second kappa shape index (κ2) is 5.66. The van der Waals surface area contributed by atoms with Gasteiger partial charge in [0.25, 0.3) is 0 Å². The van der Waals surface area contributed by atoms with Crippen LogP contribution in [0.15, 0.2) is 24.3 Å². The number of nitrogens with one attached hydrogen (secondary N) is 2. The van der Waals surface area contributed by atoms with Crippen LogP contribution in [-0.4, -0.2) is 4.98 Å². The van der Waals surface area contributed by atoms with Crippen LogP contribution in [0, 0.1) is 22.1 Å². The Kier molecular flexibility index (Phi) is 4.15. The van der Waals surface area contributed by atoms with E-state index in [0.717, 1.165) is 15.2 Å². The van der Waals surface area contributed by atoms with E-state index >= 15 is 0 Å². The molecule has 0 saturated heterocycles. The Morgan fingerprint density at radius 1 is 1.16 bits per heavy atom. The van der Waals surface area contributed by atoms with E-state index in [1.807, 2.05) is 19.1 Å². The molecule has 0 fully saturated rings. The Labute approximate surface area is 122 Å². The summed E-state index contributed by atoms with van der Waals surface area (Å²) in [7, 11) is 0. The number of rotatable bonds is 3. The first-order chi connectivity index (χ1) is 9.01. The molecule has 100 valence electrons. The number of aryl methyl sites for hydroxylation is 1. The van der Waals surface area contributed by atoms with Gasteiger partial charge in [0.05, 0.1) is 0 Å². The summed E-state index contributed by atoms with van der Waals surface area (Å²) in [5.74, 6) is 3.17. The molecule has 0 spiro atoms. The van der Waals surface area contributed by atoms with Crippen LogP contribution in [0.1, 0.15) is 5.56 Å². The standard InChI is InChI=1S/C12H11F2IN4/c1-6-2-3-7(4-10(6)15)17-11-8(13)5-9(14)12(18-11)19-16/h2-5H,16H2,1H3,(H2,17,18,19). The lowest BCUT2D eigenvalue weighted by Gasteiger charge is -2.10. The van der Waals surface area contributed by atoms with Gasteiger partial charge < -0.3 is 10.7 Å². The fourth-order valence-electron chi connectivity index (χ4n) is 1.46. The van der Waals surface area contributed by atoms with E-state index in [1.54, 1.807) is 6.07 Å². The number of benzene rings is 1. The summed E-state index contributed by atoms with van der Waals surface area (Å²) in [5, 5.41) is 2.79. The second-order valence-electron chi connectivity index (χ2n) is 3.88. The second-order valence-corrected chi connectivity index (χ2v) is 5.04. The van der Waals surface area contributed by atoms with Gasteiger partial charge in [-0.2, -0.15) is 0 Å². The van der Waals surface area contributed by atoms with Crippen molar-refractivity contribution in [3.63, 3.8) is 0 Å². The van der Waals surface area contributed by atoms with Crippen molar-refractivity contribution in [1.82, 2.24) is 4.98 Å². The summed E-state index contributed by atoms with van der Waals surface area (Å²) in [6.45, 7) is 1.97. The van der Waals surface area contributed by atoms with Gasteiger partial charge in [-0.15, -0.1) is 0 Å². The molecule has 0 bridgehead atoms. The van der Waals surface area contributed by atoms with Crippen LogP contribution in [0.3, 0.4) is 0 Å².